The van der Waals surface area contributed by atoms with Gasteiger partial charge in [0.05, 0.1) is 15.7 Å². The van der Waals surface area contributed by atoms with Gasteiger partial charge in [-0.3, -0.25) is 0 Å². The molecule has 0 radical (unpaired) electrons. The first-order valence-electron chi connectivity index (χ1n) is 7.15. The van der Waals surface area contributed by atoms with Crippen molar-refractivity contribution in [3.05, 3.63) is 64.1 Å². The van der Waals surface area contributed by atoms with Gasteiger partial charge in [-0.25, -0.2) is 4.79 Å². The second-order valence-corrected chi connectivity index (χ2v) is 6.37. The minimum Gasteiger partial charge on any atom is -0.337 e. The van der Waals surface area contributed by atoms with E-state index >= 15 is 0 Å². The number of para-hydroxylation sites is 1. The molecule has 0 bridgehead atoms. The number of nitrogens with one attached hydrogen (secondary N) is 2. The Labute approximate surface area is 139 Å². The van der Waals surface area contributed by atoms with Gasteiger partial charge in [-0.05, 0) is 30.5 Å². The van der Waals surface area contributed by atoms with E-state index in [1.807, 2.05) is 18.2 Å². The summed E-state index contributed by atoms with van der Waals surface area (Å²) in [6, 6.07) is 15.1. The first-order chi connectivity index (χ1) is 10.6. The zero-order valence-electron chi connectivity index (χ0n) is 11.9. The third-order valence-electron chi connectivity index (χ3n) is 4.03. The van der Waals surface area contributed by atoms with Crippen molar-refractivity contribution in [1.82, 2.24) is 5.32 Å². The smallest absolute Gasteiger partial charge is 0.319 e. The highest BCUT2D eigenvalue weighted by Crippen LogP contribution is 2.47. The summed E-state index contributed by atoms with van der Waals surface area (Å²) in [5, 5.41) is 6.48. The topological polar surface area (TPSA) is 41.1 Å². The number of carbonyl (C=O) groups is 1. The summed E-state index contributed by atoms with van der Waals surface area (Å²) in [6.07, 6.45) is 2.17. The summed E-state index contributed by atoms with van der Waals surface area (Å²) in [4.78, 5) is 12.1. The maximum Gasteiger partial charge on any atom is 0.319 e. The Hall–Kier alpha value is -1.71. The molecule has 1 aliphatic carbocycles. The predicted octanol–water partition coefficient (Wildman–Crippen LogP) is 4.85. The standard InChI is InChI=1S/C17H16Cl2N2O/c18-13-7-4-8-14(19)15(13)21-16(22)20-11-17(9-10-17)12-5-2-1-3-6-12/h1-8H,9-11H2,(H2,20,21,22). The molecule has 2 aromatic carbocycles. The highest BCUT2D eigenvalue weighted by Gasteiger charge is 2.44. The Bertz CT molecular complexity index is 664. The molecule has 3 nitrogen and oxygen atoms in total. The van der Waals surface area contributed by atoms with Crippen LogP contribution in [0.25, 0.3) is 0 Å². The Morgan fingerprint density at radius 1 is 1.00 bits per heavy atom. The molecule has 1 saturated carbocycles. The molecule has 0 atom stereocenters. The zero-order valence-corrected chi connectivity index (χ0v) is 13.4. The first-order valence-corrected chi connectivity index (χ1v) is 7.91. The zero-order chi connectivity index (χ0) is 15.6. The number of benzene rings is 2. The fourth-order valence-corrected chi connectivity index (χ4v) is 3.03. The van der Waals surface area contributed by atoms with Gasteiger partial charge in [0, 0.05) is 12.0 Å². The van der Waals surface area contributed by atoms with E-state index in [1.54, 1.807) is 18.2 Å². The van der Waals surface area contributed by atoms with Crippen LogP contribution in [0.4, 0.5) is 10.5 Å². The van der Waals surface area contributed by atoms with Crippen LogP contribution in [0, 0.1) is 0 Å². The third kappa shape index (κ3) is 3.21. The lowest BCUT2D eigenvalue weighted by molar-refractivity contribution is 0.251. The summed E-state index contributed by atoms with van der Waals surface area (Å²) in [5.74, 6) is 0. The number of carbonyl (C=O) groups excluding carboxylic acids is 1. The van der Waals surface area contributed by atoms with E-state index in [-0.39, 0.29) is 11.4 Å². The number of rotatable bonds is 4. The van der Waals surface area contributed by atoms with E-state index in [0.29, 0.717) is 22.3 Å². The molecular weight excluding hydrogens is 319 g/mol. The number of halogens is 2. The van der Waals surface area contributed by atoms with E-state index in [2.05, 4.69) is 22.8 Å². The van der Waals surface area contributed by atoms with Gasteiger partial charge in [-0.15, -0.1) is 0 Å². The van der Waals surface area contributed by atoms with Crippen LogP contribution in [-0.4, -0.2) is 12.6 Å². The van der Waals surface area contributed by atoms with Crippen LogP contribution in [0.3, 0.4) is 0 Å². The maximum absolute atomic E-state index is 12.1. The van der Waals surface area contributed by atoms with Crippen LogP contribution >= 0.6 is 23.2 Å². The van der Waals surface area contributed by atoms with Crippen molar-refractivity contribution in [2.24, 2.45) is 0 Å². The Morgan fingerprint density at radius 2 is 1.64 bits per heavy atom. The van der Waals surface area contributed by atoms with Gasteiger partial charge in [0.2, 0.25) is 0 Å². The number of anilines is 1. The summed E-state index contributed by atoms with van der Waals surface area (Å²) in [7, 11) is 0. The Kier molecular flexibility index (Phi) is 4.27. The molecule has 0 unspecified atom stereocenters. The molecule has 114 valence electrons. The van der Waals surface area contributed by atoms with Crippen molar-refractivity contribution in [2.75, 3.05) is 11.9 Å². The molecule has 2 amide bonds. The lowest BCUT2D eigenvalue weighted by atomic mass is 9.96. The van der Waals surface area contributed by atoms with E-state index < -0.39 is 0 Å². The van der Waals surface area contributed by atoms with Crippen LogP contribution < -0.4 is 10.6 Å². The fraction of sp³-hybridized carbons (Fsp3) is 0.235. The first kappa shape index (κ1) is 15.2. The minimum absolute atomic E-state index is 0.0723. The minimum atomic E-state index is -0.294. The molecule has 2 aromatic rings. The second kappa shape index (κ2) is 6.19. The third-order valence-corrected chi connectivity index (χ3v) is 4.66. The van der Waals surface area contributed by atoms with Crippen molar-refractivity contribution >= 4 is 34.9 Å². The molecule has 0 spiro atoms. The molecule has 0 heterocycles. The molecular formula is C17H16Cl2N2O. The van der Waals surface area contributed by atoms with Gasteiger partial charge in [0.15, 0.2) is 0 Å². The SMILES string of the molecule is O=C(NCC1(c2ccccc2)CC1)Nc1c(Cl)cccc1Cl. The van der Waals surface area contributed by atoms with Crippen molar-refractivity contribution < 1.29 is 4.79 Å². The highest BCUT2D eigenvalue weighted by molar-refractivity contribution is 6.39. The molecule has 0 aliphatic heterocycles. The molecule has 1 fully saturated rings. The molecule has 1 aliphatic rings. The van der Waals surface area contributed by atoms with E-state index in [4.69, 9.17) is 23.2 Å². The molecule has 22 heavy (non-hydrogen) atoms. The lowest BCUT2D eigenvalue weighted by Crippen LogP contribution is -2.35. The van der Waals surface area contributed by atoms with Gasteiger partial charge >= 0.3 is 6.03 Å². The van der Waals surface area contributed by atoms with Gasteiger partial charge in [0.1, 0.15) is 0 Å². The summed E-state index contributed by atoms with van der Waals surface area (Å²) in [6.45, 7) is 0.602. The van der Waals surface area contributed by atoms with Crippen LogP contribution in [0.15, 0.2) is 48.5 Å². The van der Waals surface area contributed by atoms with Crippen LogP contribution in [0.2, 0.25) is 10.0 Å². The fourth-order valence-electron chi connectivity index (χ4n) is 2.53. The van der Waals surface area contributed by atoms with Crippen molar-refractivity contribution in [3.8, 4) is 0 Å². The van der Waals surface area contributed by atoms with Gasteiger partial charge in [-0.2, -0.15) is 0 Å². The van der Waals surface area contributed by atoms with Gasteiger partial charge in [-0.1, -0.05) is 59.6 Å². The van der Waals surface area contributed by atoms with Crippen molar-refractivity contribution in [1.29, 1.82) is 0 Å². The van der Waals surface area contributed by atoms with Gasteiger partial charge in [0.25, 0.3) is 0 Å². The van der Waals surface area contributed by atoms with E-state index in [0.717, 1.165) is 12.8 Å². The van der Waals surface area contributed by atoms with Gasteiger partial charge < -0.3 is 10.6 Å². The monoisotopic (exact) mass is 334 g/mol. The van der Waals surface area contributed by atoms with E-state index in [1.165, 1.54) is 5.56 Å². The quantitative estimate of drug-likeness (QED) is 0.824. The van der Waals surface area contributed by atoms with Crippen LogP contribution in [0.5, 0.6) is 0 Å². The maximum atomic E-state index is 12.1. The van der Waals surface area contributed by atoms with Crippen molar-refractivity contribution in [2.45, 2.75) is 18.3 Å². The lowest BCUT2D eigenvalue weighted by Gasteiger charge is -2.17. The normalized spacial score (nSPS) is 15.2. The highest BCUT2D eigenvalue weighted by atomic mass is 35.5. The van der Waals surface area contributed by atoms with Crippen LogP contribution in [0.1, 0.15) is 18.4 Å². The average Bonchev–Trinajstić information content (AvgIpc) is 3.31. The second-order valence-electron chi connectivity index (χ2n) is 5.55. The number of hydrogen-bond donors (Lipinski definition) is 2. The molecule has 2 N–H and O–H groups in total. The predicted molar refractivity (Wildman–Crippen MR) is 90.8 cm³/mol. The molecule has 0 saturated heterocycles. The largest absolute Gasteiger partial charge is 0.337 e. The average molecular weight is 335 g/mol. The van der Waals surface area contributed by atoms with Crippen molar-refractivity contribution in [3.63, 3.8) is 0 Å². The molecule has 0 aromatic heterocycles. The molecule has 3 rings (SSSR count). The number of urea groups is 1. The van der Waals surface area contributed by atoms with Crippen LogP contribution in [-0.2, 0) is 5.41 Å². The number of hydrogen-bond acceptors (Lipinski definition) is 1. The summed E-state index contributed by atoms with van der Waals surface area (Å²) in [5.41, 5.74) is 1.78. The van der Waals surface area contributed by atoms with E-state index in [9.17, 15) is 4.79 Å². The molecule has 5 heteroatoms. The summed E-state index contributed by atoms with van der Waals surface area (Å²) >= 11 is 12.1. The Balaban J connectivity index is 1.62. The summed E-state index contributed by atoms with van der Waals surface area (Å²) < 4.78 is 0. The number of amides is 2. The Morgan fingerprint density at radius 3 is 2.23 bits per heavy atom.